The summed E-state index contributed by atoms with van der Waals surface area (Å²) in [5.41, 5.74) is 1.86. The number of hydrogen-bond donors (Lipinski definition) is 1. The number of amides is 2. The van der Waals surface area contributed by atoms with E-state index in [2.05, 4.69) is 22.3 Å². The Bertz CT molecular complexity index is 738. The van der Waals surface area contributed by atoms with Crippen molar-refractivity contribution in [2.24, 2.45) is 5.92 Å². The van der Waals surface area contributed by atoms with Crippen molar-refractivity contribution in [2.75, 3.05) is 33.7 Å². The van der Waals surface area contributed by atoms with Crippen molar-refractivity contribution in [2.45, 2.75) is 18.9 Å². The minimum atomic E-state index is -0.0371. The number of nitrogens with one attached hydrogen (secondary N) is 1. The van der Waals surface area contributed by atoms with E-state index in [4.69, 9.17) is 0 Å². The molecule has 1 N–H and O–H groups in total. The molecule has 27 heavy (non-hydrogen) atoms. The van der Waals surface area contributed by atoms with E-state index in [1.807, 2.05) is 54.0 Å². The van der Waals surface area contributed by atoms with Crippen LogP contribution in [0.3, 0.4) is 0 Å². The van der Waals surface area contributed by atoms with Crippen LogP contribution in [0.15, 0.2) is 47.2 Å². The van der Waals surface area contributed by atoms with Crippen LogP contribution >= 0.6 is 11.3 Å². The molecule has 1 aromatic heterocycles. The Labute approximate surface area is 165 Å². The number of carbonyl (C=O) groups is 2. The topological polar surface area (TPSA) is 52.7 Å². The van der Waals surface area contributed by atoms with Crippen molar-refractivity contribution >= 4 is 23.2 Å². The summed E-state index contributed by atoms with van der Waals surface area (Å²) in [7, 11) is 4.02. The van der Waals surface area contributed by atoms with E-state index >= 15 is 0 Å². The SMILES string of the molecule is CN(C)C[C@@H](NC(=O)C1CCN(C(=O)c2ccsc2)CC1)c1ccccc1. The third-order valence-electron chi connectivity index (χ3n) is 4.99. The summed E-state index contributed by atoms with van der Waals surface area (Å²) >= 11 is 1.53. The van der Waals surface area contributed by atoms with Crippen molar-refractivity contribution < 1.29 is 9.59 Å². The maximum atomic E-state index is 12.8. The Kier molecular flexibility index (Phi) is 6.63. The van der Waals surface area contributed by atoms with Gasteiger partial charge in [0.1, 0.15) is 0 Å². The molecule has 1 aliphatic rings. The summed E-state index contributed by atoms with van der Waals surface area (Å²) in [6, 6.07) is 11.9. The van der Waals surface area contributed by atoms with Crippen LogP contribution in [0.4, 0.5) is 0 Å². The molecule has 0 saturated carbocycles. The molecule has 3 rings (SSSR count). The van der Waals surface area contributed by atoms with E-state index in [9.17, 15) is 9.59 Å². The van der Waals surface area contributed by atoms with Crippen molar-refractivity contribution in [3.63, 3.8) is 0 Å². The first kappa shape index (κ1) is 19.6. The van der Waals surface area contributed by atoms with Gasteiger partial charge in [-0.2, -0.15) is 11.3 Å². The predicted octanol–water partition coefficient (Wildman–Crippen LogP) is 3.02. The van der Waals surface area contributed by atoms with Gasteiger partial charge in [-0.25, -0.2) is 0 Å². The zero-order chi connectivity index (χ0) is 19.2. The second kappa shape index (κ2) is 9.15. The molecule has 1 aliphatic heterocycles. The molecule has 0 bridgehead atoms. The normalized spacial score (nSPS) is 16.3. The average molecular weight is 386 g/mol. The monoisotopic (exact) mass is 385 g/mol. The largest absolute Gasteiger partial charge is 0.348 e. The first-order chi connectivity index (χ1) is 13.0. The van der Waals surface area contributed by atoms with Crippen molar-refractivity contribution in [1.82, 2.24) is 15.1 Å². The fourth-order valence-corrected chi connectivity index (χ4v) is 4.12. The molecule has 0 unspecified atom stereocenters. The predicted molar refractivity (Wildman–Crippen MR) is 109 cm³/mol. The van der Waals surface area contributed by atoms with Crippen LogP contribution in [0.2, 0.25) is 0 Å². The van der Waals surface area contributed by atoms with Crippen LogP contribution in [-0.4, -0.2) is 55.3 Å². The lowest BCUT2D eigenvalue weighted by molar-refractivity contribution is -0.127. The molecule has 0 spiro atoms. The summed E-state index contributed by atoms with van der Waals surface area (Å²) in [4.78, 5) is 29.2. The molecule has 2 heterocycles. The number of hydrogen-bond acceptors (Lipinski definition) is 4. The van der Waals surface area contributed by atoms with E-state index in [0.29, 0.717) is 25.9 Å². The Morgan fingerprint density at radius 1 is 1.19 bits per heavy atom. The number of likely N-dealkylation sites (N-methyl/N-ethyl adjacent to an activating group) is 1. The molecule has 5 nitrogen and oxygen atoms in total. The molecule has 1 aromatic carbocycles. The molecular formula is C21H27N3O2S. The number of piperidine rings is 1. The second-order valence-electron chi connectivity index (χ2n) is 7.31. The highest BCUT2D eigenvalue weighted by Gasteiger charge is 2.29. The first-order valence-electron chi connectivity index (χ1n) is 9.36. The summed E-state index contributed by atoms with van der Waals surface area (Å²) < 4.78 is 0. The minimum absolute atomic E-state index is 0.0285. The lowest BCUT2D eigenvalue weighted by atomic mass is 9.94. The molecule has 144 valence electrons. The smallest absolute Gasteiger partial charge is 0.254 e. The minimum Gasteiger partial charge on any atom is -0.348 e. The van der Waals surface area contributed by atoms with Gasteiger partial charge < -0.3 is 15.1 Å². The number of rotatable bonds is 6. The fourth-order valence-electron chi connectivity index (χ4n) is 3.49. The van der Waals surface area contributed by atoms with Crippen molar-refractivity contribution in [1.29, 1.82) is 0 Å². The standard InChI is InChI=1S/C21H27N3O2S/c1-23(2)14-19(16-6-4-3-5-7-16)22-20(25)17-8-11-24(12-9-17)21(26)18-10-13-27-15-18/h3-7,10,13,15,17,19H,8-9,11-12,14H2,1-2H3,(H,22,25)/t19-/m1/s1. The maximum Gasteiger partial charge on any atom is 0.254 e. The summed E-state index contributed by atoms with van der Waals surface area (Å²) in [5.74, 6) is 0.128. The van der Waals surface area contributed by atoms with Crippen LogP contribution in [-0.2, 0) is 4.79 Å². The second-order valence-corrected chi connectivity index (χ2v) is 8.09. The number of thiophene rings is 1. The van der Waals surface area contributed by atoms with Gasteiger partial charge in [-0.15, -0.1) is 0 Å². The highest BCUT2D eigenvalue weighted by Crippen LogP contribution is 2.22. The lowest BCUT2D eigenvalue weighted by Gasteiger charge is -2.32. The zero-order valence-electron chi connectivity index (χ0n) is 15.9. The first-order valence-corrected chi connectivity index (χ1v) is 10.3. The molecular weight excluding hydrogens is 358 g/mol. The molecule has 1 fully saturated rings. The average Bonchev–Trinajstić information content (AvgIpc) is 3.22. The van der Waals surface area contributed by atoms with E-state index in [1.54, 1.807) is 0 Å². The quantitative estimate of drug-likeness (QED) is 0.832. The van der Waals surface area contributed by atoms with Gasteiger partial charge in [-0.3, -0.25) is 9.59 Å². The summed E-state index contributed by atoms with van der Waals surface area (Å²) in [6.45, 7) is 2.03. The van der Waals surface area contributed by atoms with Gasteiger partial charge in [-0.1, -0.05) is 30.3 Å². The van der Waals surface area contributed by atoms with E-state index in [1.165, 1.54) is 11.3 Å². The van der Waals surface area contributed by atoms with Crippen molar-refractivity contribution in [3.05, 3.63) is 58.3 Å². The highest BCUT2D eigenvalue weighted by atomic mass is 32.1. The molecule has 1 saturated heterocycles. The molecule has 1 atom stereocenters. The highest BCUT2D eigenvalue weighted by molar-refractivity contribution is 7.08. The van der Waals surface area contributed by atoms with Crippen LogP contribution < -0.4 is 5.32 Å². The Balaban J connectivity index is 1.57. The molecule has 0 radical (unpaired) electrons. The summed E-state index contributed by atoms with van der Waals surface area (Å²) in [5, 5.41) is 7.02. The molecule has 0 aliphatic carbocycles. The van der Waals surface area contributed by atoms with Gasteiger partial charge in [0, 0.05) is 30.9 Å². The molecule has 2 amide bonds. The van der Waals surface area contributed by atoms with E-state index in [-0.39, 0.29) is 23.8 Å². The van der Waals surface area contributed by atoms with Gasteiger partial charge in [-0.05, 0) is 43.9 Å². The van der Waals surface area contributed by atoms with Gasteiger partial charge in [0.25, 0.3) is 5.91 Å². The third kappa shape index (κ3) is 5.17. The fraction of sp³-hybridized carbons (Fsp3) is 0.429. The number of likely N-dealkylation sites (tertiary alicyclic amines) is 1. The van der Waals surface area contributed by atoms with Gasteiger partial charge in [0.05, 0.1) is 11.6 Å². The van der Waals surface area contributed by atoms with Gasteiger partial charge >= 0.3 is 0 Å². The maximum absolute atomic E-state index is 12.8. The Morgan fingerprint density at radius 2 is 1.89 bits per heavy atom. The van der Waals surface area contributed by atoms with Crippen LogP contribution in [0, 0.1) is 5.92 Å². The van der Waals surface area contributed by atoms with Crippen LogP contribution in [0.5, 0.6) is 0 Å². The number of carbonyl (C=O) groups excluding carboxylic acids is 2. The van der Waals surface area contributed by atoms with Crippen molar-refractivity contribution in [3.8, 4) is 0 Å². The lowest BCUT2D eigenvalue weighted by Crippen LogP contribution is -2.44. The van der Waals surface area contributed by atoms with E-state index in [0.717, 1.165) is 17.7 Å². The zero-order valence-corrected chi connectivity index (χ0v) is 16.7. The van der Waals surface area contributed by atoms with Gasteiger partial charge in [0.2, 0.25) is 5.91 Å². The number of benzene rings is 1. The Morgan fingerprint density at radius 3 is 2.48 bits per heavy atom. The van der Waals surface area contributed by atoms with E-state index < -0.39 is 0 Å². The van der Waals surface area contributed by atoms with Gasteiger partial charge in [0.15, 0.2) is 0 Å². The molecule has 2 aromatic rings. The third-order valence-corrected chi connectivity index (χ3v) is 5.67. The summed E-state index contributed by atoms with van der Waals surface area (Å²) in [6.07, 6.45) is 1.43. The number of nitrogens with zero attached hydrogens (tertiary/aromatic N) is 2. The van der Waals surface area contributed by atoms with Crippen LogP contribution in [0.25, 0.3) is 0 Å². The Hall–Kier alpha value is -2.18. The van der Waals surface area contributed by atoms with Crippen LogP contribution in [0.1, 0.15) is 34.8 Å². The molecule has 6 heteroatoms.